The summed E-state index contributed by atoms with van der Waals surface area (Å²) in [6, 6.07) is 0. The third-order valence-electron chi connectivity index (χ3n) is 16.0. The van der Waals surface area contributed by atoms with Crippen molar-refractivity contribution in [1.82, 2.24) is 0 Å². The molecule has 0 aromatic rings. The van der Waals surface area contributed by atoms with Crippen molar-refractivity contribution in [2.75, 3.05) is 13.2 Å². The molecule has 62 heavy (non-hydrogen) atoms. The molecule has 3 unspecified atom stereocenters. The predicted octanol–water partition coefficient (Wildman–Crippen LogP) is 4.23. The summed E-state index contributed by atoms with van der Waals surface area (Å²) >= 11 is 0. The molecule has 15 nitrogen and oxygen atoms in total. The summed E-state index contributed by atoms with van der Waals surface area (Å²) in [5.74, 6) is -5.63. The van der Waals surface area contributed by atoms with E-state index < -0.39 is 107 Å². The van der Waals surface area contributed by atoms with E-state index in [4.69, 9.17) is 42.6 Å². The first-order valence-electron chi connectivity index (χ1n) is 23.5. The largest absolute Gasteiger partial charge is 0.459 e. The molecule has 9 aliphatic rings. The highest BCUT2D eigenvalue weighted by Gasteiger charge is 2.66. The first-order valence-corrected chi connectivity index (χ1v) is 23.5. The molecule has 8 saturated heterocycles. The van der Waals surface area contributed by atoms with E-state index in [9.17, 15) is 30.0 Å². The molecular formula is C47H70O15. The first kappa shape index (κ1) is 45.3. The number of ketones is 1. The summed E-state index contributed by atoms with van der Waals surface area (Å²) in [5.41, 5.74) is -1.73. The van der Waals surface area contributed by atoms with E-state index in [2.05, 4.69) is 19.9 Å². The van der Waals surface area contributed by atoms with Gasteiger partial charge in [-0.3, -0.25) is 9.59 Å². The molecular weight excluding hydrogens is 805 g/mol. The topological polar surface area (TPSA) is 198 Å². The van der Waals surface area contributed by atoms with E-state index in [0.717, 1.165) is 18.4 Å². The Morgan fingerprint density at radius 1 is 0.806 bits per heavy atom. The number of carbonyl (C=O) groups is 2. The molecule has 0 saturated carbocycles. The molecule has 2 spiro atoms. The van der Waals surface area contributed by atoms with Crippen molar-refractivity contribution >= 4 is 11.8 Å². The molecule has 8 fully saturated rings. The Balaban J connectivity index is 1.01. The molecule has 9 rings (SSSR count). The second kappa shape index (κ2) is 16.5. The lowest BCUT2D eigenvalue weighted by atomic mass is 9.87. The van der Waals surface area contributed by atoms with Gasteiger partial charge in [-0.2, -0.15) is 0 Å². The Morgan fingerprint density at radius 2 is 1.60 bits per heavy atom. The third kappa shape index (κ3) is 8.09. The van der Waals surface area contributed by atoms with Gasteiger partial charge in [0.15, 0.2) is 17.4 Å². The number of fused-ring (bicyclic) bond motifs is 10. The zero-order valence-electron chi connectivity index (χ0n) is 37.3. The van der Waals surface area contributed by atoms with Crippen LogP contribution in [0.3, 0.4) is 0 Å². The van der Waals surface area contributed by atoms with Gasteiger partial charge in [0.1, 0.15) is 48.3 Å². The summed E-state index contributed by atoms with van der Waals surface area (Å²) in [6.07, 6.45) is 4.76. The number of hydrogen-bond donors (Lipinski definition) is 4. The Kier molecular flexibility index (Phi) is 12.0. The van der Waals surface area contributed by atoms with Gasteiger partial charge in [-0.1, -0.05) is 37.6 Å². The van der Waals surface area contributed by atoms with Crippen LogP contribution in [0.2, 0.25) is 0 Å². The zero-order valence-corrected chi connectivity index (χ0v) is 37.3. The van der Waals surface area contributed by atoms with E-state index in [0.29, 0.717) is 57.8 Å². The lowest BCUT2D eigenvalue weighted by Crippen LogP contribution is -2.59. The van der Waals surface area contributed by atoms with Crippen LogP contribution in [0.4, 0.5) is 0 Å². The standard InChI is InChI=1S/C47H70O15/c1-26-9-10-32-34(21-37(55-32)47(53)39(50)28(3)13-19-54-47)56-41(52)29(4)31-8-7-14-45(57-31)16-11-33(58-45)40(51)43(6)23-30(49)38(61-43)35-24-44(25-48)17-18-46(59-35,62-44)36-12-15-42(5,60-36)22-27(2)20-26/h9-10,20,27-29,31-40,48,50-51,53H,7-8,11-19,21-25H2,1-6H3/t27-,28+,29+,31-,32+,33-,34?,35+,36+,37-,38-,39+,40-,42+,43+,44+,45?,46?,47+/m0/s1. The number of aliphatic hydroxyl groups excluding tert-OH is 3. The third-order valence-corrected chi connectivity index (χ3v) is 16.0. The van der Waals surface area contributed by atoms with Gasteiger partial charge in [-0.15, -0.1) is 0 Å². The average Bonchev–Trinajstić information content (AvgIpc) is 4.06. The lowest BCUT2D eigenvalue weighted by molar-refractivity contribution is -0.365. The monoisotopic (exact) mass is 874 g/mol. The quantitative estimate of drug-likeness (QED) is 0.288. The van der Waals surface area contributed by atoms with Gasteiger partial charge in [-0.05, 0) is 90.9 Å². The second-order valence-electron chi connectivity index (χ2n) is 21.2. The minimum absolute atomic E-state index is 0.0379. The highest BCUT2D eigenvalue weighted by molar-refractivity contribution is 5.86. The van der Waals surface area contributed by atoms with Gasteiger partial charge in [0.25, 0.3) is 0 Å². The van der Waals surface area contributed by atoms with Gasteiger partial charge in [0.05, 0.1) is 48.6 Å². The van der Waals surface area contributed by atoms with Crippen molar-refractivity contribution in [2.45, 2.75) is 227 Å². The molecule has 0 aromatic heterocycles. The van der Waals surface area contributed by atoms with Gasteiger partial charge < -0.3 is 63.1 Å². The highest BCUT2D eigenvalue weighted by Crippen LogP contribution is 2.55. The maximum Gasteiger partial charge on any atom is 0.311 e. The normalized spacial score (nSPS) is 53.6. The maximum atomic E-state index is 14.1. The Labute approximate surface area is 365 Å². The summed E-state index contributed by atoms with van der Waals surface area (Å²) in [7, 11) is 0. The number of aliphatic hydroxyl groups is 4. The Bertz CT molecular complexity index is 1770. The highest BCUT2D eigenvalue weighted by atomic mass is 16.8. The van der Waals surface area contributed by atoms with Crippen LogP contribution < -0.4 is 0 Å². The van der Waals surface area contributed by atoms with Crippen LogP contribution in [-0.2, 0) is 52.2 Å². The number of hydrogen-bond acceptors (Lipinski definition) is 15. The fraction of sp³-hybridized carbons (Fsp3) is 0.872. The van der Waals surface area contributed by atoms with Gasteiger partial charge in [0, 0.05) is 38.5 Å². The van der Waals surface area contributed by atoms with E-state index in [1.54, 1.807) is 13.8 Å². The minimum atomic E-state index is -1.97. The van der Waals surface area contributed by atoms with Crippen LogP contribution in [0, 0.1) is 17.8 Å². The van der Waals surface area contributed by atoms with Crippen molar-refractivity contribution in [1.29, 1.82) is 0 Å². The average molecular weight is 875 g/mol. The molecule has 348 valence electrons. The molecule has 9 aliphatic heterocycles. The zero-order chi connectivity index (χ0) is 44.0. The Hall–Kier alpha value is -1.86. The van der Waals surface area contributed by atoms with E-state index in [1.165, 1.54) is 0 Å². The minimum Gasteiger partial charge on any atom is -0.459 e. The van der Waals surface area contributed by atoms with Crippen LogP contribution in [-0.4, -0.2) is 141 Å². The van der Waals surface area contributed by atoms with Crippen molar-refractivity contribution in [2.24, 2.45) is 17.8 Å². The number of Topliss-reactive ketones (excluding diaryl/α,β-unsaturated/α-hetero) is 1. The molecule has 0 aromatic carbocycles. The molecule has 4 N–H and O–H groups in total. The number of ether oxygens (including phenoxy) is 9. The van der Waals surface area contributed by atoms with E-state index in [1.807, 2.05) is 26.0 Å². The number of carbonyl (C=O) groups excluding carboxylic acids is 2. The number of esters is 1. The second-order valence-corrected chi connectivity index (χ2v) is 21.2. The molecule has 0 amide bonds. The predicted molar refractivity (Wildman–Crippen MR) is 219 cm³/mol. The van der Waals surface area contributed by atoms with Crippen molar-refractivity contribution in [3.63, 3.8) is 0 Å². The van der Waals surface area contributed by atoms with Crippen molar-refractivity contribution in [3.8, 4) is 0 Å². The van der Waals surface area contributed by atoms with Gasteiger partial charge >= 0.3 is 5.97 Å². The van der Waals surface area contributed by atoms with Crippen LogP contribution in [0.15, 0.2) is 23.8 Å². The summed E-state index contributed by atoms with van der Waals surface area (Å²) in [6.45, 7) is 11.7. The van der Waals surface area contributed by atoms with Crippen molar-refractivity contribution in [3.05, 3.63) is 23.8 Å². The lowest BCUT2D eigenvalue weighted by Gasteiger charge is -2.47. The summed E-state index contributed by atoms with van der Waals surface area (Å²) in [4.78, 5) is 28.0. The summed E-state index contributed by atoms with van der Waals surface area (Å²) in [5, 5.41) is 45.5. The summed E-state index contributed by atoms with van der Waals surface area (Å²) < 4.78 is 58.8. The number of allylic oxidation sites excluding steroid dienone is 3. The fourth-order valence-electron chi connectivity index (χ4n) is 12.5. The van der Waals surface area contributed by atoms with E-state index >= 15 is 0 Å². The molecule has 19 atom stereocenters. The van der Waals surface area contributed by atoms with Crippen LogP contribution in [0.1, 0.15) is 131 Å². The van der Waals surface area contributed by atoms with Gasteiger partial charge in [-0.25, -0.2) is 0 Å². The van der Waals surface area contributed by atoms with Gasteiger partial charge in [0.2, 0.25) is 5.79 Å². The van der Waals surface area contributed by atoms with Crippen molar-refractivity contribution < 1.29 is 72.6 Å². The van der Waals surface area contributed by atoms with Crippen LogP contribution >= 0.6 is 0 Å². The molecule has 15 heteroatoms. The number of rotatable bonds is 2. The first-order chi connectivity index (χ1) is 29.3. The Morgan fingerprint density at radius 3 is 2.39 bits per heavy atom. The molecule has 10 bridgehead atoms. The van der Waals surface area contributed by atoms with Crippen LogP contribution in [0.25, 0.3) is 0 Å². The van der Waals surface area contributed by atoms with E-state index in [-0.39, 0.29) is 50.1 Å². The van der Waals surface area contributed by atoms with Crippen LogP contribution in [0.5, 0.6) is 0 Å². The SMILES string of the molecule is CC1=C[C@H](C)C[C@@]2(C)CC[C@@H](O2)C23CC[C@](CO)(C[C@@H](O2)[C@H]2O[C@](C)(CC2=O)[C@@H](O)[C@@H]2CCC4(CCC[C@H](O4)[C@@H](C)C(=O)OC4C[C@@H]([C@@]5(O)OCC[C@@H](C)[C@H]5O)O[C@@H]4C=C1)O2)O3. The molecule has 0 aliphatic carbocycles. The fourth-order valence-corrected chi connectivity index (χ4v) is 12.5. The molecule has 9 heterocycles. The smallest absolute Gasteiger partial charge is 0.311 e. The maximum absolute atomic E-state index is 14.1. The molecule has 0 radical (unpaired) electrons.